The summed E-state index contributed by atoms with van der Waals surface area (Å²) in [6.45, 7) is 1.81. The SMILES string of the molecule is Cc1cc(C(=O)Nc2ccc(Cl)cn2)ccc1N(C(=O)c1cnccn1)N1C=CC=CN=C1. The van der Waals surface area contributed by atoms with E-state index in [1.807, 2.05) is 0 Å². The molecule has 1 N–H and O–H groups in total. The highest BCUT2D eigenvalue weighted by atomic mass is 35.5. The van der Waals surface area contributed by atoms with Gasteiger partial charge in [-0.3, -0.25) is 14.6 Å². The van der Waals surface area contributed by atoms with Crippen LogP contribution in [0.3, 0.4) is 0 Å². The number of hydrazine groups is 1. The monoisotopic (exact) mass is 459 g/mol. The molecule has 0 saturated carbocycles. The van der Waals surface area contributed by atoms with Crippen molar-refractivity contribution in [3.63, 3.8) is 0 Å². The normalized spacial score (nSPS) is 12.4. The van der Waals surface area contributed by atoms with E-state index in [1.165, 1.54) is 41.1 Å². The van der Waals surface area contributed by atoms with Crippen molar-refractivity contribution < 1.29 is 9.59 Å². The zero-order valence-corrected chi connectivity index (χ0v) is 18.2. The summed E-state index contributed by atoms with van der Waals surface area (Å²) in [6, 6.07) is 8.26. The van der Waals surface area contributed by atoms with Gasteiger partial charge in [-0.05, 0) is 55.0 Å². The van der Waals surface area contributed by atoms with Gasteiger partial charge in [-0.25, -0.2) is 25.0 Å². The molecule has 2 amide bonds. The Balaban J connectivity index is 1.66. The molecule has 2 aromatic heterocycles. The number of carbonyl (C=O) groups excluding carboxylic acids is 2. The van der Waals surface area contributed by atoms with Crippen LogP contribution in [0.5, 0.6) is 0 Å². The largest absolute Gasteiger partial charge is 0.307 e. The van der Waals surface area contributed by atoms with Gasteiger partial charge in [-0.15, -0.1) is 0 Å². The number of amides is 2. The van der Waals surface area contributed by atoms with Crippen LogP contribution < -0.4 is 10.3 Å². The molecule has 0 fully saturated rings. The van der Waals surface area contributed by atoms with Gasteiger partial charge in [0.2, 0.25) is 0 Å². The lowest BCUT2D eigenvalue weighted by Gasteiger charge is -2.31. The first kappa shape index (κ1) is 21.8. The van der Waals surface area contributed by atoms with Gasteiger partial charge in [0.15, 0.2) is 0 Å². The number of aliphatic imine (C=N–C) groups is 1. The van der Waals surface area contributed by atoms with Crippen molar-refractivity contribution in [2.24, 2.45) is 4.99 Å². The molecule has 1 aromatic carbocycles. The molecule has 0 saturated heterocycles. The third-order valence-corrected chi connectivity index (χ3v) is 4.79. The number of aryl methyl sites for hydroxylation is 1. The van der Waals surface area contributed by atoms with Crippen LogP contribution >= 0.6 is 11.6 Å². The third-order valence-electron chi connectivity index (χ3n) is 4.57. The Morgan fingerprint density at radius 1 is 1.06 bits per heavy atom. The molecule has 0 spiro atoms. The first-order chi connectivity index (χ1) is 16.0. The summed E-state index contributed by atoms with van der Waals surface area (Å²) < 4.78 is 0. The fraction of sp³-hybridized carbons (Fsp3) is 0.0435. The Morgan fingerprint density at radius 2 is 1.94 bits per heavy atom. The molecule has 0 radical (unpaired) electrons. The van der Waals surface area contributed by atoms with Gasteiger partial charge in [0.25, 0.3) is 11.8 Å². The molecular weight excluding hydrogens is 442 g/mol. The lowest BCUT2D eigenvalue weighted by molar-refractivity contribution is 0.0948. The number of allylic oxidation sites excluding steroid dienone is 2. The zero-order valence-electron chi connectivity index (χ0n) is 17.5. The number of rotatable bonds is 5. The van der Waals surface area contributed by atoms with Crippen LogP contribution in [-0.2, 0) is 0 Å². The van der Waals surface area contributed by atoms with Crippen LogP contribution in [0.1, 0.15) is 26.4 Å². The summed E-state index contributed by atoms with van der Waals surface area (Å²) in [5.74, 6) is -0.373. The van der Waals surface area contributed by atoms with Crippen molar-refractivity contribution in [1.82, 2.24) is 20.0 Å². The van der Waals surface area contributed by atoms with Crippen molar-refractivity contribution in [2.75, 3.05) is 10.3 Å². The maximum Gasteiger partial charge on any atom is 0.297 e. The van der Waals surface area contributed by atoms with E-state index in [0.717, 1.165) is 0 Å². The molecule has 0 aliphatic carbocycles. The van der Waals surface area contributed by atoms with E-state index in [-0.39, 0.29) is 11.6 Å². The summed E-state index contributed by atoms with van der Waals surface area (Å²) in [5, 5.41) is 6.15. The van der Waals surface area contributed by atoms with Gasteiger partial charge in [-0.1, -0.05) is 11.6 Å². The molecule has 4 rings (SSSR count). The molecule has 10 heteroatoms. The molecule has 164 valence electrons. The highest BCUT2D eigenvalue weighted by molar-refractivity contribution is 6.30. The first-order valence-corrected chi connectivity index (χ1v) is 10.2. The third kappa shape index (κ3) is 5.10. The Bertz CT molecular complexity index is 1240. The number of carbonyl (C=O) groups is 2. The lowest BCUT2D eigenvalue weighted by Crippen LogP contribution is -2.44. The number of anilines is 2. The van der Waals surface area contributed by atoms with E-state index >= 15 is 0 Å². The zero-order chi connectivity index (χ0) is 23.2. The van der Waals surface area contributed by atoms with Gasteiger partial charge in [0, 0.05) is 36.6 Å². The molecule has 0 unspecified atom stereocenters. The van der Waals surface area contributed by atoms with Crippen molar-refractivity contribution >= 4 is 41.3 Å². The molecular formula is C23H18ClN7O2. The van der Waals surface area contributed by atoms with E-state index < -0.39 is 5.91 Å². The maximum atomic E-state index is 13.4. The van der Waals surface area contributed by atoms with Gasteiger partial charge in [0.05, 0.1) is 16.9 Å². The predicted octanol–water partition coefficient (Wildman–Crippen LogP) is 4.02. The van der Waals surface area contributed by atoms with E-state index in [0.29, 0.717) is 27.7 Å². The van der Waals surface area contributed by atoms with Crippen LogP contribution in [0.25, 0.3) is 0 Å². The van der Waals surface area contributed by atoms with Crippen LogP contribution in [-0.4, -0.2) is 38.1 Å². The highest BCUT2D eigenvalue weighted by Gasteiger charge is 2.25. The quantitative estimate of drug-likeness (QED) is 0.618. The van der Waals surface area contributed by atoms with Gasteiger partial charge in [0.1, 0.15) is 17.9 Å². The Kier molecular flexibility index (Phi) is 6.51. The standard InChI is InChI=1S/C23H18ClN7O2/c1-16-12-17(22(32)29-21-7-5-18(24)13-28-21)4-6-20(16)31(30-11-3-2-8-26-15-30)23(33)19-14-25-9-10-27-19/h2-15H,1H3,(H,28,29,32). The van der Waals surface area contributed by atoms with Crippen LogP contribution in [0, 0.1) is 6.92 Å². The van der Waals surface area contributed by atoms with Crippen molar-refractivity contribution in [2.45, 2.75) is 6.92 Å². The van der Waals surface area contributed by atoms with E-state index in [9.17, 15) is 9.59 Å². The van der Waals surface area contributed by atoms with E-state index in [1.54, 1.807) is 61.8 Å². The second-order valence-corrected chi connectivity index (χ2v) is 7.29. The average molecular weight is 460 g/mol. The maximum absolute atomic E-state index is 13.4. The molecule has 1 aliphatic rings. The number of nitrogens with one attached hydrogen (secondary N) is 1. The number of hydrogen-bond donors (Lipinski definition) is 1. The summed E-state index contributed by atoms with van der Waals surface area (Å²) in [7, 11) is 0. The van der Waals surface area contributed by atoms with Gasteiger partial charge < -0.3 is 5.32 Å². The molecule has 0 bridgehead atoms. The number of aromatic nitrogens is 3. The molecule has 9 nitrogen and oxygen atoms in total. The molecule has 3 heterocycles. The van der Waals surface area contributed by atoms with Crippen LogP contribution in [0.15, 0.2) is 84.7 Å². The van der Waals surface area contributed by atoms with Crippen molar-refractivity contribution in [1.29, 1.82) is 0 Å². The summed E-state index contributed by atoms with van der Waals surface area (Å²) >= 11 is 5.84. The number of halogens is 1. The first-order valence-electron chi connectivity index (χ1n) is 9.82. The molecule has 0 atom stereocenters. The second kappa shape index (κ2) is 9.84. The minimum Gasteiger partial charge on any atom is -0.307 e. The number of hydrogen-bond acceptors (Lipinski definition) is 7. The van der Waals surface area contributed by atoms with E-state index in [2.05, 4.69) is 25.3 Å². The minimum absolute atomic E-state index is 0.159. The predicted molar refractivity (Wildman–Crippen MR) is 126 cm³/mol. The fourth-order valence-electron chi connectivity index (χ4n) is 3.03. The number of benzene rings is 1. The Labute approximate surface area is 194 Å². The van der Waals surface area contributed by atoms with Gasteiger partial charge in [-0.2, -0.15) is 0 Å². The fourth-order valence-corrected chi connectivity index (χ4v) is 3.14. The lowest BCUT2D eigenvalue weighted by atomic mass is 10.1. The minimum atomic E-state index is -0.410. The molecule has 33 heavy (non-hydrogen) atoms. The summed E-state index contributed by atoms with van der Waals surface area (Å²) in [4.78, 5) is 42.4. The van der Waals surface area contributed by atoms with Crippen LogP contribution in [0.2, 0.25) is 5.02 Å². The molecule has 1 aliphatic heterocycles. The topological polar surface area (TPSA) is 104 Å². The Morgan fingerprint density at radius 3 is 2.67 bits per heavy atom. The number of pyridine rings is 1. The highest BCUT2D eigenvalue weighted by Crippen LogP contribution is 2.25. The summed E-state index contributed by atoms with van der Waals surface area (Å²) in [5.41, 5.74) is 1.79. The molecule has 3 aromatic rings. The second-order valence-electron chi connectivity index (χ2n) is 6.85. The van der Waals surface area contributed by atoms with Crippen molar-refractivity contribution in [3.8, 4) is 0 Å². The summed E-state index contributed by atoms with van der Waals surface area (Å²) in [6.07, 6.45) is 14.1. The van der Waals surface area contributed by atoms with E-state index in [4.69, 9.17) is 11.6 Å². The Hall–Kier alpha value is -4.37. The average Bonchev–Trinajstić information content (AvgIpc) is 3.11. The smallest absolute Gasteiger partial charge is 0.297 e. The van der Waals surface area contributed by atoms with Gasteiger partial charge >= 0.3 is 0 Å². The number of nitrogens with zero attached hydrogens (tertiary/aromatic N) is 6. The van der Waals surface area contributed by atoms with Crippen molar-refractivity contribution in [3.05, 3.63) is 102 Å². The van der Waals surface area contributed by atoms with Crippen LogP contribution in [0.4, 0.5) is 11.5 Å².